The number of halogens is 3. The van der Waals surface area contributed by atoms with Gasteiger partial charge in [-0.2, -0.15) is 0 Å². The molecule has 0 bridgehead atoms. The maximum atomic E-state index is 13.2. The van der Waals surface area contributed by atoms with Crippen LogP contribution in [0.2, 0.25) is 10.0 Å². The van der Waals surface area contributed by atoms with Crippen molar-refractivity contribution in [2.75, 3.05) is 13.7 Å². The molecule has 0 aliphatic carbocycles. The van der Waals surface area contributed by atoms with Gasteiger partial charge < -0.3 is 15.8 Å². The van der Waals surface area contributed by atoms with Crippen LogP contribution in [0.4, 0.5) is 4.39 Å². The molecule has 0 radical (unpaired) electrons. The summed E-state index contributed by atoms with van der Waals surface area (Å²) in [6.07, 6.45) is 0.410. The topological polar surface area (TPSA) is 64.3 Å². The number of benzene rings is 2. The minimum atomic E-state index is -0.798. The van der Waals surface area contributed by atoms with E-state index in [1.165, 1.54) is 19.2 Å². The molecule has 2 aromatic rings. The van der Waals surface area contributed by atoms with Gasteiger partial charge >= 0.3 is 0 Å². The zero-order chi connectivity index (χ0) is 18.4. The molecular weight excluding hydrogens is 366 g/mol. The van der Waals surface area contributed by atoms with E-state index in [1.54, 1.807) is 30.3 Å². The molecule has 134 valence electrons. The van der Waals surface area contributed by atoms with E-state index in [0.717, 1.165) is 11.1 Å². The maximum absolute atomic E-state index is 13.2. The highest BCUT2D eigenvalue weighted by molar-refractivity contribution is 6.35. The van der Waals surface area contributed by atoms with E-state index in [1.807, 2.05) is 0 Å². The Morgan fingerprint density at radius 1 is 1.24 bits per heavy atom. The van der Waals surface area contributed by atoms with Crippen LogP contribution in [0.5, 0.6) is 0 Å². The number of rotatable bonds is 7. The molecule has 2 aromatic carbocycles. The van der Waals surface area contributed by atoms with Crippen LogP contribution in [-0.2, 0) is 16.0 Å². The third-order valence-electron chi connectivity index (χ3n) is 3.71. The first kappa shape index (κ1) is 19.7. The molecule has 1 amide bonds. The van der Waals surface area contributed by atoms with Crippen LogP contribution in [0, 0.1) is 5.82 Å². The van der Waals surface area contributed by atoms with Gasteiger partial charge in [0.05, 0.1) is 12.6 Å². The van der Waals surface area contributed by atoms with E-state index in [2.05, 4.69) is 5.32 Å². The van der Waals surface area contributed by atoms with Gasteiger partial charge in [0.1, 0.15) is 11.9 Å². The highest BCUT2D eigenvalue weighted by atomic mass is 35.5. The Morgan fingerprint density at radius 3 is 2.52 bits per heavy atom. The minimum Gasteiger partial charge on any atom is -0.383 e. The number of hydrogen-bond donors (Lipinski definition) is 2. The van der Waals surface area contributed by atoms with Gasteiger partial charge in [-0.05, 0) is 41.8 Å². The van der Waals surface area contributed by atoms with Gasteiger partial charge in [-0.15, -0.1) is 0 Å². The molecule has 0 spiro atoms. The average molecular weight is 385 g/mol. The van der Waals surface area contributed by atoms with E-state index in [9.17, 15) is 9.18 Å². The second-order valence-corrected chi connectivity index (χ2v) is 6.46. The Hall–Kier alpha value is -1.66. The molecule has 0 fully saturated rings. The Bertz CT molecular complexity index is 726. The summed E-state index contributed by atoms with van der Waals surface area (Å²) in [7, 11) is 1.47. The third kappa shape index (κ3) is 5.68. The molecule has 3 N–H and O–H groups in total. The standard InChI is InChI=1S/C18H19Cl2FN2O2/c1-25-10-16(22)18(24)23-17(11-3-6-14(21)7-4-11)8-12-2-5-13(19)9-15(12)20/h2-7,9,16-17H,8,10,22H2,1H3,(H,23,24). The van der Waals surface area contributed by atoms with Gasteiger partial charge in [0.25, 0.3) is 0 Å². The van der Waals surface area contributed by atoms with Crippen molar-refractivity contribution in [2.24, 2.45) is 5.73 Å². The monoisotopic (exact) mass is 384 g/mol. The molecule has 25 heavy (non-hydrogen) atoms. The summed E-state index contributed by atoms with van der Waals surface area (Å²) in [5, 5.41) is 3.89. The summed E-state index contributed by atoms with van der Waals surface area (Å²) in [6, 6.07) is 9.85. The molecule has 0 heterocycles. The fourth-order valence-corrected chi connectivity index (χ4v) is 2.87. The number of hydrogen-bond acceptors (Lipinski definition) is 3. The molecule has 0 aliphatic rings. The number of amides is 1. The van der Waals surface area contributed by atoms with Crippen molar-refractivity contribution in [1.29, 1.82) is 0 Å². The van der Waals surface area contributed by atoms with Crippen molar-refractivity contribution in [3.8, 4) is 0 Å². The third-order valence-corrected chi connectivity index (χ3v) is 4.30. The number of carbonyl (C=O) groups excluding carboxylic acids is 1. The highest BCUT2D eigenvalue weighted by Crippen LogP contribution is 2.26. The maximum Gasteiger partial charge on any atom is 0.239 e. The minimum absolute atomic E-state index is 0.101. The van der Waals surface area contributed by atoms with Crippen LogP contribution in [0.1, 0.15) is 17.2 Å². The van der Waals surface area contributed by atoms with Gasteiger partial charge in [-0.1, -0.05) is 41.4 Å². The molecule has 0 aliphatic heterocycles. The fraction of sp³-hybridized carbons (Fsp3) is 0.278. The van der Waals surface area contributed by atoms with Crippen molar-refractivity contribution in [2.45, 2.75) is 18.5 Å². The van der Waals surface area contributed by atoms with Crippen molar-refractivity contribution in [3.63, 3.8) is 0 Å². The highest BCUT2D eigenvalue weighted by Gasteiger charge is 2.21. The summed E-state index contributed by atoms with van der Waals surface area (Å²) in [5.74, 6) is -0.712. The van der Waals surface area contributed by atoms with Crippen LogP contribution >= 0.6 is 23.2 Å². The Labute approximate surface area is 156 Å². The average Bonchev–Trinajstić information content (AvgIpc) is 2.57. The quantitative estimate of drug-likeness (QED) is 0.767. The molecule has 0 saturated carbocycles. The molecule has 2 rings (SSSR count). The van der Waals surface area contributed by atoms with Crippen LogP contribution in [0.25, 0.3) is 0 Å². The van der Waals surface area contributed by atoms with E-state index in [-0.39, 0.29) is 18.3 Å². The van der Waals surface area contributed by atoms with E-state index < -0.39 is 12.1 Å². The Morgan fingerprint density at radius 2 is 1.92 bits per heavy atom. The zero-order valence-electron chi connectivity index (χ0n) is 13.6. The van der Waals surface area contributed by atoms with Crippen molar-refractivity contribution in [1.82, 2.24) is 5.32 Å². The molecule has 2 atom stereocenters. The van der Waals surface area contributed by atoms with Crippen molar-refractivity contribution in [3.05, 3.63) is 69.5 Å². The predicted molar refractivity (Wildman–Crippen MR) is 97.3 cm³/mol. The van der Waals surface area contributed by atoms with Gasteiger partial charge in [0, 0.05) is 17.2 Å². The number of methoxy groups -OCH3 is 1. The van der Waals surface area contributed by atoms with Gasteiger partial charge in [-0.3, -0.25) is 4.79 Å². The lowest BCUT2D eigenvalue weighted by molar-refractivity contribution is -0.124. The van der Waals surface area contributed by atoms with Gasteiger partial charge in [0.15, 0.2) is 0 Å². The van der Waals surface area contributed by atoms with Crippen molar-refractivity contribution >= 4 is 29.1 Å². The lowest BCUT2D eigenvalue weighted by atomic mass is 9.98. The van der Waals surface area contributed by atoms with Gasteiger partial charge in [0.2, 0.25) is 5.91 Å². The first-order valence-corrected chi connectivity index (χ1v) is 8.40. The number of nitrogens with one attached hydrogen (secondary N) is 1. The predicted octanol–water partition coefficient (Wildman–Crippen LogP) is 3.51. The van der Waals surface area contributed by atoms with Crippen LogP contribution in [0.3, 0.4) is 0 Å². The summed E-state index contributed by atoms with van der Waals surface area (Å²) < 4.78 is 18.1. The Kier molecular flexibility index (Phi) is 7.20. The summed E-state index contributed by atoms with van der Waals surface area (Å²) in [5.41, 5.74) is 7.33. The van der Waals surface area contributed by atoms with Crippen LogP contribution in [0.15, 0.2) is 42.5 Å². The Balaban J connectivity index is 2.25. The summed E-state index contributed by atoms with van der Waals surface area (Å²) >= 11 is 12.2. The lowest BCUT2D eigenvalue weighted by Crippen LogP contribution is -2.45. The molecular formula is C18H19Cl2FN2O2. The fourth-order valence-electron chi connectivity index (χ4n) is 2.39. The molecule has 4 nitrogen and oxygen atoms in total. The largest absolute Gasteiger partial charge is 0.383 e. The molecule has 2 unspecified atom stereocenters. The van der Waals surface area contributed by atoms with E-state index in [4.69, 9.17) is 33.7 Å². The summed E-state index contributed by atoms with van der Waals surface area (Å²) in [4.78, 5) is 12.3. The normalized spacial score (nSPS) is 13.3. The first-order valence-electron chi connectivity index (χ1n) is 7.65. The van der Waals surface area contributed by atoms with Gasteiger partial charge in [-0.25, -0.2) is 4.39 Å². The van der Waals surface area contributed by atoms with Crippen LogP contribution in [-0.4, -0.2) is 25.7 Å². The van der Waals surface area contributed by atoms with Crippen LogP contribution < -0.4 is 11.1 Å². The lowest BCUT2D eigenvalue weighted by Gasteiger charge is -2.22. The second-order valence-electron chi connectivity index (χ2n) is 5.61. The zero-order valence-corrected chi connectivity index (χ0v) is 15.1. The first-order chi connectivity index (χ1) is 11.9. The number of ether oxygens (including phenoxy) is 1. The van der Waals surface area contributed by atoms with E-state index >= 15 is 0 Å². The number of nitrogens with two attached hydrogens (primary N) is 1. The van der Waals surface area contributed by atoms with Crippen molar-refractivity contribution < 1.29 is 13.9 Å². The SMILES string of the molecule is COCC(N)C(=O)NC(Cc1ccc(Cl)cc1Cl)c1ccc(F)cc1. The number of carbonyl (C=O) groups is 1. The molecule has 0 aromatic heterocycles. The molecule has 7 heteroatoms. The summed E-state index contributed by atoms with van der Waals surface area (Å²) in [6.45, 7) is 0.101. The van der Waals surface area contributed by atoms with E-state index in [0.29, 0.717) is 16.5 Å². The molecule has 0 saturated heterocycles. The smallest absolute Gasteiger partial charge is 0.239 e. The second kappa shape index (κ2) is 9.15.